The van der Waals surface area contributed by atoms with Gasteiger partial charge in [-0.3, -0.25) is 0 Å². The predicted molar refractivity (Wildman–Crippen MR) is 94.5 cm³/mol. The zero-order valence-corrected chi connectivity index (χ0v) is 14.2. The number of rotatable bonds is 5. The Morgan fingerprint density at radius 1 is 1.22 bits per heavy atom. The number of aromatic nitrogens is 3. The molecule has 5 heteroatoms. The van der Waals surface area contributed by atoms with Crippen molar-refractivity contribution in [1.82, 2.24) is 14.8 Å². The zero-order chi connectivity index (χ0) is 15.8. The van der Waals surface area contributed by atoms with E-state index in [4.69, 9.17) is 0 Å². The molecule has 1 fully saturated rings. The van der Waals surface area contributed by atoms with Crippen LogP contribution in [0, 0.1) is 13.8 Å². The summed E-state index contributed by atoms with van der Waals surface area (Å²) in [5, 5.41) is 8.12. The van der Waals surface area contributed by atoms with Crippen LogP contribution in [0.25, 0.3) is 5.69 Å². The molecule has 0 unspecified atom stereocenters. The average molecular weight is 324 g/mol. The number of aryl methyl sites for hydroxylation is 2. The summed E-state index contributed by atoms with van der Waals surface area (Å²) < 4.78 is 2.10. The van der Waals surface area contributed by atoms with E-state index >= 15 is 0 Å². The number of anilines is 1. The molecule has 0 amide bonds. The summed E-state index contributed by atoms with van der Waals surface area (Å²) in [6.07, 6.45) is 2.58. The van der Waals surface area contributed by atoms with Crippen LogP contribution in [0.3, 0.4) is 0 Å². The highest BCUT2D eigenvalue weighted by molar-refractivity contribution is 7.09. The van der Waals surface area contributed by atoms with Gasteiger partial charge in [0, 0.05) is 22.2 Å². The molecule has 2 heterocycles. The van der Waals surface area contributed by atoms with Gasteiger partial charge in [-0.1, -0.05) is 0 Å². The summed E-state index contributed by atoms with van der Waals surface area (Å²) in [5.74, 6) is 0.698. The average Bonchev–Trinajstić information content (AvgIpc) is 3.21. The van der Waals surface area contributed by atoms with Crippen molar-refractivity contribution in [2.24, 2.45) is 0 Å². The quantitative estimate of drug-likeness (QED) is 0.754. The lowest BCUT2D eigenvalue weighted by Crippen LogP contribution is -2.02. The Morgan fingerprint density at radius 3 is 2.65 bits per heavy atom. The second kappa shape index (κ2) is 5.81. The predicted octanol–water partition coefficient (Wildman–Crippen LogP) is 4.44. The minimum Gasteiger partial charge on any atom is -0.380 e. The van der Waals surface area contributed by atoms with Gasteiger partial charge in [-0.05, 0) is 57.0 Å². The van der Waals surface area contributed by atoms with Crippen LogP contribution < -0.4 is 5.32 Å². The molecular weight excluding hydrogens is 304 g/mol. The molecule has 1 aliphatic carbocycles. The van der Waals surface area contributed by atoms with Gasteiger partial charge in [-0.2, -0.15) is 5.10 Å². The van der Waals surface area contributed by atoms with Crippen molar-refractivity contribution in [3.05, 3.63) is 57.8 Å². The Balaban J connectivity index is 1.51. The number of nitrogens with one attached hydrogen (secondary N) is 1. The van der Waals surface area contributed by atoms with Gasteiger partial charge >= 0.3 is 0 Å². The lowest BCUT2D eigenvalue weighted by Gasteiger charge is -2.09. The van der Waals surface area contributed by atoms with Gasteiger partial charge < -0.3 is 5.32 Å². The van der Waals surface area contributed by atoms with Gasteiger partial charge in [0.2, 0.25) is 0 Å². The fraction of sp³-hybridized carbons (Fsp3) is 0.333. The maximum atomic E-state index is 4.66. The van der Waals surface area contributed by atoms with Crippen molar-refractivity contribution < 1.29 is 0 Å². The summed E-state index contributed by atoms with van der Waals surface area (Å²) in [4.78, 5) is 5.57. The maximum Gasteiger partial charge on any atom is 0.0798 e. The molecule has 23 heavy (non-hydrogen) atoms. The zero-order valence-electron chi connectivity index (χ0n) is 13.4. The van der Waals surface area contributed by atoms with Gasteiger partial charge in [0.25, 0.3) is 0 Å². The minimum atomic E-state index is 0.698. The molecule has 0 aliphatic heterocycles. The molecule has 4 rings (SSSR count). The van der Waals surface area contributed by atoms with Crippen LogP contribution >= 0.6 is 11.3 Å². The lowest BCUT2D eigenvalue weighted by atomic mass is 10.2. The van der Waals surface area contributed by atoms with E-state index in [9.17, 15) is 0 Å². The van der Waals surface area contributed by atoms with E-state index in [0.29, 0.717) is 5.92 Å². The highest BCUT2D eigenvalue weighted by Gasteiger charge is 2.28. The van der Waals surface area contributed by atoms with Gasteiger partial charge in [0.15, 0.2) is 0 Å². The summed E-state index contributed by atoms with van der Waals surface area (Å²) in [5.41, 5.74) is 7.71. The van der Waals surface area contributed by atoms with E-state index in [1.807, 2.05) is 5.51 Å². The Morgan fingerprint density at radius 2 is 2.00 bits per heavy atom. The van der Waals surface area contributed by atoms with E-state index in [2.05, 4.69) is 64.3 Å². The van der Waals surface area contributed by atoms with E-state index < -0.39 is 0 Å². The van der Waals surface area contributed by atoms with Crippen LogP contribution in [0.1, 0.15) is 40.7 Å². The van der Waals surface area contributed by atoms with Crippen LogP contribution in [0.4, 0.5) is 5.69 Å². The van der Waals surface area contributed by atoms with E-state index in [0.717, 1.165) is 29.3 Å². The van der Waals surface area contributed by atoms with Gasteiger partial charge in [-0.15, -0.1) is 11.3 Å². The molecule has 118 valence electrons. The maximum absolute atomic E-state index is 4.66. The Kier molecular flexibility index (Phi) is 3.65. The van der Waals surface area contributed by atoms with Crippen molar-refractivity contribution in [2.45, 2.75) is 39.2 Å². The van der Waals surface area contributed by atoms with E-state index in [1.165, 1.54) is 23.4 Å². The fourth-order valence-corrected chi connectivity index (χ4v) is 3.51. The third-order valence-electron chi connectivity index (χ3n) is 4.26. The smallest absolute Gasteiger partial charge is 0.0798 e. The van der Waals surface area contributed by atoms with E-state index in [-0.39, 0.29) is 0 Å². The highest BCUT2D eigenvalue weighted by atomic mass is 32.1. The van der Waals surface area contributed by atoms with Crippen LogP contribution in [0.5, 0.6) is 0 Å². The van der Waals surface area contributed by atoms with Crippen LogP contribution in [0.2, 0.25) is 0 Å². The van der Waals surface area contributed by atoms with Crippen LogP contribution in [0.15, 0.2) is 35.8 Å². The van der Waals surface area contributed by atoms with Crippen LogP contribution in [-0.4, -0.2) is 14.8 Å². The number of benzene rings is 1. The summed E-state index contributed by atoms with van der Waals surface area (Å²) in [6.45, 7) is 4.94. The van der Waals surface area contributed by atoms with Crippen molar-refractivity contribution in [2.75, 3.05) is 5.32 Å². The first-order chi connectivity index (χ1) is 11.2. The Bertz CT molecular complexity index is 812. The fourth-order valence-electron chi connectivity index (χ4n) is 2.79. The molecule has 0 bridgehead atoms. The molecule has 0 spiro atoms. The first kappa shape index (κ1) is 14.5. The Labute approximate surface area is 140 Å². The second-order valence-electron chi connectivity index (χ2n) is 6.16. The largest absolute Gasteiger partial charge is 0.380 e. The second-order valence-corrected chi connectivity index (χ2v) is 7.10. The molecule has 4 nitrogen and oxygen atoms in total. The number of hydrogen-bond acceptors (Lipinski definition) is 4. The molecule has 1 aliphatic rings. The van der Waals surface area contributed by atoms with Crippen LogP contribution in [-0.2, 0) is 6.54 Å². The normalized spacial score (nSPS) is 14.2. The van der Waals surface area contributed by atoms with Crippen molar-refractivity contribution in [1.29, 1.82) is 0 Å². The standard InChI is InChI=1S/C18H20N4S/c1-12-9-17(14-3-4-14)22(21-12)16-7-5-15(6-8-16)19-10-18-13(2)20-11-23-18/h5-9,11,14,19H,3-4,10H2,1-2H3. The van der Waals surface area contributed by atoms with Gasteiger partial charge in [0.1, 0.15) is 0 Å². The summed E-state index contributed by atoms with van der Waals surface area (Å²) in [6, 6.07) is 10.7. The third kappa shape index (κ3) is 3.01. The molecular formula is C18H20N4S. The van der Waals surface area contributed by atoms with Crippen molar-refractivity contribution >= 4 is 17.0 Å². The lowest BCUT2D eigenvalue weighted by molar-refractivity contribution is 0.799. The third-order valence-corrected chi connectivity index (χ3v) is 5.20. The SMILES string of the molecule is Cc1cc(C2CC2)n(-c2ccc(NCc3scnc3C)cc2)n1. The van der Waals surface area contributed by atoms with E-state index in [1.54, 1.807) is 11.3 Å². The van der Waals surface area contributed by atoms with Crippen molar-refractivity contribution in [3.8, 4) is 5.69 Å². The number of thiazole rings is 1. The van der Waals surface area contributed by atoms with Crippen molar-refractivity contribution in [3.63, 3.8) is 0 Å². The monoisotopic (exact) mass is 324 g/mol. The minimum absolute atomic E-state index is 0.698. The molecule has 0 atom stereocenters. The molecule has 2 aromatic heterocycles. The number of nitrogens with zero attached hydrogens (tertiary/aromatic N) is 3. The highest BCUT2D eigenvalue weighted by Crippen LogP contribution is 2.41. The first-order valence-electron chi connectivity index (χ1n) is 8.00. The molecule has 3 aromatic rings. The molecule has 0 radical (unpaired) electrons. The molecule has 1 aromatic carbocycles. The summed E-state index contributed by atoms with van der Waals surface area (Å²) >= 11 is 1.70. The molecule has 1 saturated carbocycles. The summed E-state index contributed by atoms with van der Waals surface area (Å²) in [7, 11) is 0. The number of hydrogen-bond donors (Lipinski definition) is 1. The van der Waals surface area contributed by atoms with Gasteiger partial charge in [-0.25, -0.2) is 9.67 Å². The Hall–Kier alpha value is -2.14. The topological polar surface area (TPSA) is 42.7 Å². The first-order valence-corrected chi connectivity index (χ1v) is 8.88. The molecule has 0 saturated heterocycles. The molecule has 1 N–H and O–H groups in total. The van der Waals surface area contributed by atoms with Gasteiger partial charge in [0.05, 0.1) is 29.1 Å².